The van der Waals surface area contributed by atoms with Gasteiger partial charge in [-0.15, -0.1) is 0 Å². The van der Waals surface area contributed by atoms with Crippen LogP contribution in [-0.2, 0) is 6.18 Å². The summed E-state index contributed by atoms with van der Waals surface area (Å²) < 4.78 is 37.0. The fourth-order valence-electron chi connectivity index (χ4n) is 1.45. The number of rotatable bonds is 1. The molecule has 0 unspecified atom stereocenters. The Balaban J connectivity index is 2.36. The fourth-order valence-corrected chi connectivity index (χ4v) is 1.45. The van der Waals surface area contributed by atoms with Gasteiger partial charge in [0.15, 0.2) is 0 Å². The Morgan fingerprint density at radius 2 is 1.86 bits per heavy atom. The van der Waals surface area contributed by atoms with E-state index in [2.05, 4.69) is 0 Å². The van der Waals surface area contributed by atoms with Crippen LogP contribution in [0.15, 0.2) is 30.3 Å². The molecule has 1 aromatic carbocycles. The average Bonchev–Trinajstić information content (AvgIpc) is 2.00. The van der Waals surface area contributed by atoms with Crippen molar-refractivity contribution in [3.8, 4) is 0 Å². The minimum Gasteiger partial charge on any atom is -0.166 e. The van der Waals surface area contributed by atoms with E-state index in [0.717, 1.165) is 24.5 Å². The molecule has 0 fully saturated rings. The Morgan fingerprint density at radius 3 is 2.36 bits per heavy atom. The van der Waals surface area contributed by atoms with Crippen LogP contribution in [0.4, 0.5) is 13.2 Å². The maximum Gasteiger partial charge on any atom is 0.416 e. The number of benzene rings is 1. The van der Waals surface area contributed by atoms with Crippen LogP contribution in [-0.4, -0.2) is 0 Å². The van der Waals surface area contributed by atoms with Crippen LogP contribution in [0.1, 0.15) is 24.0 Å². The summed E-state index contributed by atoms with van der Waals surface area (Å²) in [6, 6.07) is 5.49. The second-order valence-electron chi connectivity index (χ2n) is 3.35. The van der Waals surface area contributed by atoms with Crippen molar-refractivity contribution in [2.24, 2.45) is 0 Å². The van der Waals surface area contributed by atoms with Gasteiger partial charge in [0.2, 0.25) is 0 Å². The average molecular weight is 198 g/mol. The summed E-state index contributed by atoms with van der Waals surface area (Å²) in [5.74, 6) is 0. The zero-order valence-electron chi connectivity index (χ0n) is 7.43. The SMILES string of the molecule is FC(F)(F)c1cccc(C2=CCC2)c1. The van der Waals surface area contributed by atoms with Gasteiger partial charge in [-0.3, -0.25) is 0 Å². The molecular formula is C11H9F3. The summed E-state index contributed by atoms with van der Waals surface area (Å²) in [7, 11) is 0. The maximum atomic E-state index is 12.3. The maximum absolute atomic E-state index is 12.3. The van der Waals surface area contributed by atoms with E-state index in [1.807, 2.05) is 6.08 Å². The quantitative estimate of drug-likeness (QED) is 0.642. The molecule has 0 bridgehead atoms. The molecule has 0 aromatic heterocycles. The third-order valence-corrected chi connectivity index (χ3v) is 2.37. The Bertz CT molecular complexity index is 374. The van der Waals surface area contributed by atoms with E-state index >= 15 is 0 Å². The summed E-state index contributed by atoms with van der Waals surface area (Å²) in [6.07, 6.45) is -0.400. The molecule has 14 heavy (non-hydrogen) atoms. The molecule has 0 heterocycles. The van der Waals surface area contributed by atoms with E-state index in [-0.39, 0.29) is 0 Å². The van der Waals surface area contributed by atoms with Crippen molar-refractivity contribution in [2.75, 3.05) is 0 Å². The highest BCUT2D eigenvalue weighted by Crippen LogP contribution is 2.34. The highest BCUT2D eigenvalue weighted by Gasteiger charge is 2.30. The highest BCUT2D eigenvalue weighted by molar-refractivity contribution is 5.70. The first kappa shape index (κ1) is 9.31. The summed E-state index contributed by atoms with van der Waals surface area (Å²) in [5, 5.41) is 0. The van der Waals surface area contributed by atoms with E-state index < -0.39 is 11.7 Å². The van der Waals surface area contributed by atoms with Gasteiger partial charge in [0, 0.05) is 0 Å². The second kappa shape index (κ2) is 3.15. The Morgan fingerprint density at radius 1 is 1.14 bits per heavy atom. The molecule has 1 aliphatic carbocycles. The number of allylic oxidation sites excluding steroid dienone is 2. The van der Waals surface area contributed by atoms with Crippen molar-refractivity contribution < 1.29 is 13.2 Å². The van der Waals surface area contributed by atoms with Crippen LogP contribution >= 0.6 is 0 Å². The van der Waals surface area contributed by atoms with Gasteiger partial charge in [0.1, 0.15) is 0 Å². The molecule has 1 aliphatic rings. The largest absolute Gasteiger partial charge is 0.416 e. The molecule has 0 amide bonds. The minimum absolute atomic E-state index is 0.567. The zero-order chi connectivity index (χ0) is 10.2. The van der Waals surface area contributed by atoms with E-state index in [0.29, 0.717) is 5.56 Å². The second-order valence-corrected chi connectivity index (χ2v) is 3.35. The van der Waals surface area contributed by atoms with Gasteiger partial charge in [-0.25, -0.2) is 0 Å². The minimum atomic E-state index is -4.24. The van der Waals surface area contributed by atoms with Gasteiger partial charge in [-0.1, -0.05) is 18.2 Å². The third kappa shape index (κ3) is 1.67. The normalized spacial score (nSPS) is 16.1. The molecule has 74 valence electrons. The number of halogens is 3. The topological polar surface area (TPSA) is 0 Å². The van der Waals surface area contributed by atoms with Crippen LogP contribution in [0.3, 0.4) is 0 Å². The van der Waals surface area contributed by atoms with Crippen molar-refractivity contribution in [1.29, 1.82) is 0 Å². The Hall–Kier alpha value is -1.25. The number of alkyl halides is 3. The van der Waals surface area contributed by atoms with Crippen molar-refractivity contribution in [3.05, 3.63) is 41.5 Å². The molecule has 0 atom stereocenters. The van der Waals surface area contributed by atoms with E-state index in [9.17, 15) is 13.2 Å². The lowest BCUT2D eigenvalue weighted by Crippen LogP contribution is -2.05. The first-order valence-electron chi connectivity index (χ1n) is 4.44. The Labute approximate surface area is 80.1 Å². The first-order chi connectivity index (χ1) is 6.57. The summed E-state index contributed by atoms with van der Waals surface area (Å²) in [6.45, 7) is 0. The van der Waals surface area contributed by atoms with E-state index in [4.69, 9.17) is 0 Å². The Kier molecular flexibility index (Phi) is 2.10. The molecular weight excluding hydrogens is 189 g/mol. The summed E-state index contributed by atoms with van der Waals surface area (Å²) in [4.78, 5) is 0. The fraction of sp³-hybridized carbons (Fsp3) is 0.273. The standard InChI is InChI=1S/C11H9F3/c12-11(13,14)10-6-2-5-9(7-10)8-3-1-4-8/h2-3,5-7H,1,4H2. The molecule has 2 rings (SSSR count). The van der Waals surface area contributed by atoms with Crippen LogP contribution < -0.4 is 0 Å². The third-order valence-electron chi connectivity index (χ3n) is 2.37. The molecule has 0 spiro atoms. The van der Waals surface area contributed by atoms with Crippen molar-refractivity contribution in [1.82, 2.24) is 0 Å². The monoisotopic (exact) mass is 198 g/mol. The molecule has 0 N–H and O–H groups in total. The van der Waals surface area contributed by atoms with Gasteiger partial charge >= 0.3 is 6.18 Å². The summed E-state index contributed by atoms with van der Waals surface area (Å²) >= 11 is 0. The van der Waals surface area contributed by atoms with Gasteiger partial charge in [-0.05, 0) is 36.1 Å². The number of hydrogen-bond donors (Lipinski definition) is 0. The van der Waals surface area contributed by atoms with Crippen LogP contribution in [0.2, 0.25) is 0 Å². The highest BCUT2D eigenvalue weighted by atomic mass is 19.4. The lowest BCUT2D eigenvalue weighted by molar-refractivity contribution is -0.137. The molecule has 3 heteroatoms. The molecule has 0 saturated carbocycles. The van der Waals surface area contributed by atoms with Crippen molar-refractivity contribution >= 4 is 5.57 Å². The summed E-state index contributed by atoms with van der Waals surface area (Å²) in [5.41, 5.74) is 1.16. The molecule has 0 radical (unpaired) electrons. The van der Waals surface area contributed by atoms with E-state index in [1.165, 1.54) is 12.1 Å². The molecule has 0 saturated heterocycles. The van der Waals surface area contributed by atoms with Crippen molar-refractivity contribution in [3.63, 3.8) is 0 Å². The zero-order valence-corrected chi connectivity index (χ0v) is 7.43. The van der Waals surface area contributed by atoms with Crippen LogP contribution in [0, 0.1) is 0 Å². The molecule has 0 aliphatic heterocycles. The van der Waals surface area contributed by atoms with Crippen LogP contribution in [0.5, 0.6) is 0 Å². The lowest BCUT2D eigenvalue weighted by atomic mass is 9.91. The smallest absolute Gasteiger partial charge is 0.166 e. The predicted molar refractivity (Wildman–Crippen MR) is 48.7 cm³/mol. The van der Waals surface area contributed by atoms with Crippen LogP contribution in [0.25, 0.3) is 5.57 Å². The molecule has 1 aromatic rings. The van der Waals surface area contributed by atoms with Crippen molar-refractivity contribution in [2.45, 2.75) is 19.0 Å². The predicted octanol–water partition coefficient (Wildman–Crippen LogP) is 3.88. The van der Waals surface area contributed by atoms with Gasteiger partial charge in [0.25, 0.3) is 0 Å². The van der Waals surface area contributed by atoms with Gasteiger partial charge < -0.3 is 0 Å². The first-order valence-corrected chi connectivity index (χ1v) is 4.44. The van der Waals surface area contributed by atoms with E-state index in [1.54, 1.807) is 6.07 Å². The molecule has 0 nitrogen and oxygen atoms in total. The number of hydrogen-bond acceptors (Lipinski definition) is 0. The van der Waals surface area contributed by atoms with Gasteiger partial charge in [-0.2, -0.15) is 13.2 Å². The lowest BCUT2D eigenvalue weighted by Gasteiger charge is -2.16. The van der Waals surface area contributed by atoms with Gasteiger partial charge in [0.05, 0.1) is 5.56 Å².